The molecule has 4 rings (SSSR count). The molecule has 3 N–H and O–H groups in total. The number of nitrogen functional groups attached to an aromatic ring is 1. The molecule has 1 fully saturated rings. The van der Waals surface area contributed by atoms with E-state index in [1.807, 2.05) is 49.3 Å². The van der Waals surface area contributed by atoms with Crippen LogP contribution in [0.2, 0.25) is 0 Å². The first kappa shape index (κ1) is 21.5. The smallest absolute Gasteiger partial charge is 0.278 e. The highest BCUT2D eigenvalue weighted by Gasteiger charge is 2.28. The Bertz CT molecular complexity index is 1150. The predicted octanol–water partition coefficient (Wildman–Crippen LogP) is 3.74. The molecule has 8 heteroatoms. The van der Waals surface area contributed by atoms with E-state index in [4.69, 9.17) is 5.73 Å². The van der Waals surface area contributed by atoms with Crippen molar-refractivity contribution in [3.05, 3.63) is 72.1 Å². The lowest BCUT2D eigenvalue weighted by Crippen LogP contribution is -2.34. The number of anilines is 2. The number of amides is 2. The number of rotatable bonds is 5. The molecule has 1 atom stereocenters. The van der Waals surface area contributed by atoms with Crippen molar-refractivity contribution in [1.29, 1.82) is 0 Å². The van der Waals surface area contributed by atoms with E-state index in [1.54, 1.807) is 24.3 Å². The number of nitrogens with two attached hydrogens (primary N) is 1. The van der Waals surface area contributed by atoms with Crippen molar-refractivity contribution in [2.24, 2.45) is 0 Å². The summed E-state index contributed by atoms with van der Waals surface area (Å²) in [5.74, 6) is -0.412. The van der Waals surface area contributed by atoms with Crippen LogP contribution in [-0.2, 0) is 0 Å². The number of carbonyl (C=O) groups excluding carboxylic acids is 2. The average Bonchev–Trinajstić information content (AvgIpc) is 3.30. The van der Waals surface area contributed by atoms with Gasteiger partial charge in [-0.1, -0.05) is 30.3 Å². The normalized spacial score (nSPS) is 15.7. The molecule has 0 saturated carbocycles. The van der Waals surface area contributed by atoms with Crippen molar-refractivity contribution >= 4 is 23.3 Å². The number of aromatic nitrogens is 2. The molecule has 0 bridgehead atoms. The van der Waals surface area contributed by atoms with Crippen molar-refractivity contribution < 1.29 is 15.3 Å². The van der Waals surface area contributed by atoms with Crippen molar-refractivity contribution in [3.8, 4) is 11.3 Å². The maximum absolute atomic E-state index is 13.0. The summed E-state index contributed by atoms with van der Waals surface area (Å²) in [5, 5.41) is 2.77. The van der Waals surface area contributed by atoms with Gasteiger partial charge in [0, 0.05) is 41.7 Å². The number of hydrogen-bond acceptors (Lipinski definition) is 6. The van der Waals surface area contributed by atoms with E-state index in [0.29, 0.717) is 35.1 Å². The first-order valence-corrected chi connectivity index (χ1v) is 10.5. The zero-order chi connectivity index (χ0) is 22.7. The number of likely N-dealkylation sites (N-methyl/N-ethyl adjacent to an activating group) is 1. The van der Waals surface area contributed by atoms with E-state index in [9.17, 15) is 9.59 Å². The highest BCUT2D eigenvalue weighted by atomic mass is 16.2. The SMILES string of the molecule is CN(C)[C@@H]1CCN(C(=O)c2cccc(-c3cnc(N)c(C(=O)Nc4ccccc4)n3)c2)C1.[HH].[HH].[HH].[HH]. The van der Waals surface area contributed by atoms with Crippen LogP contribution in [0.5, 0.6) is 0 Å². The molecular formula is C24H34N6O2. The quantitative estimate of drug-likeness (QED) is 0.629. The van der Waals surface area contributed by atoms with Crippen LogP contribution < -0.4 is 11.1 Å². The van der Waals surface area contributed by atoms with Crippen LogP contribution >= 0.6 is 0 Å². The zero-order valence-electron chi connectivity index (χ0n) is 18.2. The summed E-state index contributed by atoms with van der Waals surface area (Å²) >= 11 is 0. The molecule has 2 amide bonds. The molecule has 172 valence electrons. The molecule has 1 saturated heterocycles. The standard InChI is InChI=1S/C24H26N6O2.4H2/c1-29(2)19-11-12-30(15-19)24(32)17-8-6-7-16(13-17)20-14-26-22(25)21(28-20)23(31)27-18-9-4-3-5-10-18;;;;/h3-10,13-14,19H,11-12,15H2,1-2H3,(H2,25,26)(H,27,31);4*1H/t19-;;;;/m1..../s1. The molecule has 1 aromatic heterocycles. The maximum atomic E-state index is 13.0. The second-order valence-electron chi connectivity index (χ2n) is 8.05. The number of benzene rings is 2. The Labute approximate surface area is 193 Å². The van der Waals surface area contributed by atoms with Crippen molar-refractivity contribution in [1.82, 2.24) is 19.8 Å². The highest BCUT2D eigenvalue weighted by molar-refractivity contribution is 6.06. The second kappa shape index (κ2) is 9.15. The third-order valence-corrected chi connectivity index (χ3v) is 5.63. The Kier molecular flexibility index (Phi) is 6.13. The number of nitrogens with zero attached hydrogens (tertiary/aromatic N) is 4. The molecule has 0 unspecified atom stereocenters. The van der Waals surface area contributed by atoms with Crippen LogP contribution in [0.25, 0.3) is 11.3 Å². The zero-order valence-corrected chi connectivity index (χ0v) is 18.2. The van der Waals surface area contributed by atoms with Crippen LogP contribution in [0.15, 0.2) is 60.8 Å². The van der Waals surface area contributed by atoms with Gasteiger partial charge in [0.15, 0.2) is 11.5 Å². The summed E-state index contributed by atoms with van der Waals surface area (Å²) in [6.45, 7) is 1.44. The monoisotopic (exact) mass is 438 g/mol. The molecule has 2 aromatic carbocycles. The van der Waals surface area contributed by atoms with E-state index in [2.05, 4.69) is 20.2 Å². The fourth-order valence-electron chi connectivity index (χ4n) is 3.76. The van der Waals surface area contributed by atoms with Gasteiger partial charge in [0.05, 0.1) is 11.9 Å². The van der Waals surface area contributed by atoms with Crippen molar-refractivity contribution in [3.63, 3.8) is 0 Å². The van der Waals surface area contributed by atoms with Crippen LogP contribution in [0.3, 0.4) is 0 Å². The predicted molar refractivity (Wildman–Crippen MR) is 133 cm³/mol. The molecule has 0 radical (unpaired) electrons. The third-order valence-electron chi connectivity index (χ3n) is 5.63. The molecule has 3 aromatic rings. The second-order valence-corrected chi connectivity index (χ2v) is 8.05. The third kappa shape index (κ3) is 4.60. The topological polar surface area (TPSA) is 104 Å². The molecule has 0 aliphatic carbocycles. The van der Waals surface area contributed by atoms with Crippen LogP contribution in [0.1, 0.15) is 33.0 Å². The van der Waals surface area contributed by atoms with Gasteiger partial charge in [-0.25, -0.2) is 9.97 Å². The minimum Gasteiger partial charge on any atom is -0.382 e. The summed E-state index contributed by atoms with van der Waals surface area (Å²) in [6, 6.07) is 16.7. The lowest BCUT2D eigenvalue weighted by atomic mass is 10.1. The number of carbonyl (C=O) groups is 2. The summed E-state index contributed by atoms with van der Waals surface area (Å²) in [7, 11) is 4.06. The van der Waals surface area contributed by atoms with Gasteiger partial charge in [-0.05, 0) is 44.8 Å². The number of para-hydroxylation sites is 1. The molecule has 8 nitrogen and oxygen atoms in total. The molecule has 1 aliphatic rings. The van der Waals surface area contributed by atoms with Gasteiger partial charge in [0.2, 0.25) is 0 Å². The van der Waals surface area contributed by atoms with E-state index in [0.717, 1.165) is 13.0 Å². The summed E-state index contributed by atoms with van der Waals surface area (Å²) < 4.78 is 0. The first-order valence-electron chi connectivity index (χ1n) is 10.5. The molecule has 2 heterocycles. The fraction of sp³-hybridized carbons (Fsp3) is 0.250. The van der Waals surface area contributed by atoms with E-state index >= 15 is 0 Å². The van der Waals surface area contributed by atoms with E-state index in [-0.39, 0.29) is 23.1 Å². The maximum Gasteiger partial charge on any atom is 0.278 e. The van der Waals surface area contributed by atoms with Gasteiger partial charge in [-0.2, -0.15) is 0 Å². The van der Waals surface area contributed by atoms with Gasteiger partial charge in [0.1, 0.15) is 0 Å². The van der Waals surface area contributed by atoms with Crippen LogP contribution in [-0.4, -0.2) is 64.8 Å². The van der Waals surface area contributed by atoms with Crippen LogP contribution in [0, 0.1) is 0 Å². The minimum absolute atomic E-state index is 0. The number of likely N-dealkylation sites (tertiary alicyclic amines) is 1. The van der Waals surface area contributed by atoms with E-state index < -0.39 is 5.91 Å². The molecule has 32 heavy (non-hydrogen) atoms. The lowest BCUT2D eigenvalue weighted by molar-refractivity contribution is 0.0783. The number of hydrogen-bond donors (Lipinski definition) is 2. The van der Waals surface area contributed by atoms with E-state index in [1.165, 1.54) is 6.20 Å². The van der Waals surface area contributed by atoms with Gasteiger partial charge in [-0.15, -0.1) is 0 Å². The average molecular weight is 439 g/mol. The minimum atomic E-state index is -0.443. The number of nitrogens with one attached hydrogen (secondary N) is 1. The largest absolute Gasteiger partial charge is 0.382 e. The van der Waals surface area contributed by atoms with Crippen LogP contribution in [0.4, 0.5) is 11.5 Å². The summed E-state index contributed by atoms with van der Waals surface area (Å²) in [6.07, 6.45) is 2.47. The van der Waals surface area contributed by atoms with Gasteiger partial charge >= 0.3 is 0 Å². The Morgan fingerprint density at radius 3 is 2.66 bits per heavy atom. The fourth-order valence-corrected chi connectivity index (χ4v) is 3.76. The van der Waals surface area contributed by atoms with Gasteiger partial charge in [0.25, 0.3) is 11.8 Å². The summed E-state index contributed by atoms with van der Waals surface area (Å²) in [4.78, 5) is 38.3. The Balaban J connectivity index is 0.00000306. The first-order chi connectivity index (χ1) is 15.4. The highest BCUT2D eigenvalue weighted by Crippen LogP contribution is 2.23. The molecule has 0 spiro atoms. The molecular weight excluding hydrogens is 404 g/mol. The van der Waals surface area contributed by atoms with Crippen molar-refractivity contribution in [2.45, 2.75) is 12.5 Å². The Morgan fingerprint density at radius 1 is 1.16 bits per heavy atom. The van der Waals surface area contributed by atoms with Crippen molar-refractivity contribution in [2.75, 3.05) is 38.2 Å². The van der Waals surface area contributed by atoms with Gasteiger partial charge in [-0.3, -0.25) is 9.59 Å². The Hall–Kier alpha value is -3.78. The van der Waals surface area contributed by atoms with Gasteiger partial charge < -0.3 is 20.9 Å². The lowest BCUT2D eigenvalue weighted by Gasteiger charge is -2.20. The Morgan fingerprint density at radius 2 is 1.94 bits per heavy atom. The summed E-state index contributed by atoms with van der Waals surface area (Å²) in [5.41, 5.74) is 8.34. The molecule has 1 aliphatic heterocycles.